The average molecular weight is 411 g/mol. The van der Waals surface area contributed by atoms with Crippen LogP contribution in [-0.2, 0) is 16.0 Å². The lowest BCUT2D eigenvalue weighted by molar-refractivity contribution is -0.123. The Hall–Kier alpha value is -3.26. The van der Waals surface area contributed by atoms with Crippen molar-refractivity contribution in [2.75, 3.05) is 13.2 Å². The van der Waals surface area contributed by atoms with E-state index in [1.165, 1.54) is 0 Å². The van der Waals surface area contributed by atoms with E-state index in [0.29, 0.717) is 24.2 Å². The Bertz CT molecular complexity index is 1050. The van der Waals surface area contributed by atoms with Crippen LogP contribution in [0.5, 0.6) is 0 Å². The Kier molecular flexibility index (Phi) is 6.56. The van der Waals surface area contributed by atoms with Crippen molar-refractivity contribution in [2.45, 2.75) is 20.3 Å². The Morgan fingerprint density at radius 3 is 2.66 bits per heavy atom. The molecule has 2 aromatic heterocycles. The lowest BCUT2D eigenvalue weighted by Gasteiger charge is -2.12. The van der Waals surface area contributed by atoms with E-state index in [0.717, 1.165) is 21.3 Å². The van der Waals surface area contributed by atoms with Gasteiger partial charge in [-0.25, -0.2) is 9.59 Å². The fourth-order valence-electron chi connectivity index (χ4n) is 3.00. The second kappa shape index (κ2) is 9.29. The van der Waals surface area contributed by atoms with Gasteiger partial charge in [0.15, 0.2) is 6.61 Å². The van der Waals surface area contributed by atoms with E-state index in [1.54, 1.807) is 18.3 Å². The minimum Gasteiger partial charge on any atom is -0.452 e. The predicted molar refractivity (Wildman–Crippen MR) is 111 cm³/mol. The second-order valence-corrected chi connectivity index (χ2v) is 7.46. The molecule has 0 radical (unpaired) electrons. The van der Waals surface area contributed by atoms with Gasteiger partial charge in [0.25, 0.3) is 5.91 Å². The van der Waals surface area contributed by atoms with Crippen LogP contribution in [0.1, 0.15) is 26.5 Å². The zero-order chi connectivity index (χ0) is 20.8. The molecule has 3 rings (SSSR count). The third-order valence-electron chi connectivity index (χ3n) is 4.36. The van der Waals surface area contributed by atoms with Gasteiger partial charge in [-0.15, -0.1) is 11.3 Å². The number of nitrogens with zero attached hydrogens (tertiary/aromatic N) is 1. The first kappa shape index (κ1) is 20.5. The molecule has 0 saturated heterocycles. The molecular formula is C21H21N3O4S. The monoisotopic (exact) mass is 411 g/mol. The van der Waals surface area contributed by atoms with E-state index in [-0.39, 0.29) is 0 Å². The topological polar surface area (TPSA) is 97.4 Å². The van der Waals surface area contributed by atoms with Gasteiger partial charge in [-0.1, -0.05) is 24.3 Å². The number of ether oxygens (including phenoxy) is 1. The van der Waals surface area contributed by atoms with Crippen LogP contribution in [0.25, 0.3) is 10.9 Å². The number of aromatic nitrogens is 1. The first-order valence-electron chi connectivity index (χ1n) is 9.09. The van der Waals surface area contributed by atoms with Crippen molar-refractivity contribution < 1.29 is 19.1 Å². The summed E-state index contributed by atoms with van der Waals surface area (Å²) in [5.74, 6) is -1.34. The molecule has 29 heavy (non-hydrogen) atoms. The number of esters is 1. The van der Waals surface area contributed by atoms with Crippen LogP contribution in [0, 0.1) is 13.8 Å². The highest BCUT2D eigenvalue weighted by molar-refractivity contribution is 7.09. The standard InChI is InChI=1S/C21H21N3O4S/c1-13-16-7-3-4-8-17(16)23-14(2)19(13)20(26)28-12-18(25)24-21(27)22-10-9-15-6-5-11-29-15/h3-8,11H,9-10,12H2,1-2H3,(H2,22,24,25,27). The van der Waals surface area contributed by atoms with Crippen LogP contribution >= 0.6 is 11.3 Å². The largest absolute Gasteiger partial charge is 0.452 e. The lowest BCUT2D eigenvalue weighted by Crippen LogP contribution is -2.42. The second-order valence-electron chi connectivity index (χ2n) is 6.42. The average Bonchev–Trinajstić information content (AvgIpc) is 3.20. The number of imide groups is 1. The summed E-state index contributed by atoms with van der Waals surface area (Å²) in [6, 6.07) is 10.8. The van der Waals surface area contributed by atoms with E-state index >= 15 is 0 Å². The van der Waals surface area contributed by atoms with E-state index in [9.17, 15) is 14.4 Å². The molecule has 0 bridgehead atoms. The Morgan fingerprint density at radius 1 is 1.10 bits per heavy atom. The third kappa shape index (κ3) is 5.17. The summed E-state index contributed by atoms with van der Waals surface area (Å²) >= 11 is 1.60. The van der Waals surface area contributed by atoms with E-state index in [2.05, 4.69) is 15.6 Å². The number of thiophene rings is 1. The Labute approximate surface area is 172 Å². The molecule has 2 heterocycles. The molecule has 7 nitrogen and oxygen atoms in total. The molecule has 150 valence electrons. The summed E-state index contributed by atoms with van der Waals surface area (Å²) in [6.07, 6.45) is 0.682. The number of hydrogen-bond donors (Lipinski definition) is 2. The van der Waals surface area contributed by atoms with Gasteiger partial charge in [0, 0.05) is 16.8 Å². The molecule has 0 unspecified atom stereocenters. The molecule has 0 aliphatic carbocycles. The number of carbonyl (C=O) groups is 3. The summed E-state index contributed by atoms with van der Waals surface area (Å²) < 4.78 is 5.10. The number of carbonyl (C=O) groups excluding carboxylic acids is 3. The molecule has 0 aliphatic heterocycles. The van der Waals surface area contributed by atoms with Crippen molar-refractivity contribution in [1.82, 2.24) is 15.6 Å². The van der Waals surface area contributed by atoms with Crippen molar-refractivity contribution >= 4 is 40.1 Å². The van der Waals surface area contributed by atoms with Crippen molar-refractivity contribution in [3.8, 4) is 0 Å². The highest BCUT2D eigenvalue weighted by Crippen LogP contribution is 2.23. The molecule has 0 aliphatic rings. The van der Waals surface area contributed by atoms with Gasteiger partial charge in [-0.2, -0.15) is 0 Å². The van der Waals surface area contributed by atoms with Crippen LogP contribution < -0.4 is 10.6 Å². The first-order chi connectivity index (χ1) is 14.0. The van der Waals surface area contributed by atoms with Crippen LogP contribution in [0.15, 0.2) is 41.8 Å². The molecule has 1 aromatic carbocycles. The van der Waals surface area contributed by atoms with Gasteiger partial charge in [0.1, 0.15) is 0 Å². The molecule has 0 fully saturated rings. The molecule has 8 heteroatoms. The number of benzene rings is 1. The maximum absolute atomic E-state index is 12.5. The highest BCUT2D eigenvalue weighted by atomic mass is 32.1. The number of pyridine rings is 1. The molecular weight excluding hydrogens is 390 g/mol. The number of para-hydroxylation sites is 1. The number of aryl methyl sites for hydroxylation is 2. The van der Waals surface area contributed by atoms with E-state index in [4.69, 9.17) is 4.74 Å². The molecule has 2 N–H and O–H groups in total. The van der Waals surface area contributed by atoms with Crippen LogP contribution in [0.3, 0.4) is 0 Å². The summed E-state index contributed by atoms with van der Waals surface area (Å²) in [4.78, 5) is 41.7. The van der Waals surface area contributed by atoms with E-state index < -0.39 is 24.5 Å². The first-order valence-corrected chi connectivity index (χ1v) is 9.97. The van der Waals surface area contributed by atoms with Crippen molar-refractivity contribution in [1.29, 1.82) is 0 Å². The Morgan fingerprint density at radius 2 is 1.90 bits per heavy atom. The van der Waals surface area contributed by atoms with Gasteiger partial charge in [0.05, 0.1) is 16.8 Å². The van der Waals surface area contributed by atoms with Crippen molar-refractivity contribution in [3.05, 3.63) is 63.5 Å². The summed E-state index contributed by atoms with van der Waals surface area (Å²) in [5, 5.41) is 7.55. The highest BCUT2D eigenvalue weighted by Gasteiger charge is 2.19. The van der Waals surface area contributed by atoms with E-state index in [1.807, 2.05) is 48.7 Å². The number of hydrogen-bond acceptors (Lipinski definition) is 6. The predicted octanol–water partition coefficient (Wildman–Crippen LogP) is 3.14. The van der Waals surface area contributed by atoms with Gasteiger partial charge in [-0.3, -0.25) is 15.1 Å². The van der Waals surface area contributed by atoms with Gasteiger partial charge < -0.3 is 10.1 Å². The SMILES string of the molecule is Cc1nc2ccccc2c(C)c1C(=O)OCC(=O)NC(=O)NCCc1cccs1. The molecule has 3 amide bonds. The molecule has 0 spiro atoms. The quantitative estimate of drug-likeness (QED) is 0.608. The van der Waals surface area contributed by atoms with Gasteiger partial charge in [0.2, 0.25) is 0 Å². The summed E-state index contributed by atoms with van der Waals surface area (Å²) in [6.45, 7) is 3.38. The minimum atomic E-state index is -0.698. The number of fused-ring (bicyclic) bond motifs is 1. The van der Waals surface area contributed by atoms with Gasteiger partial charge >= 0.3 is 12.0 Å². The zero-order valence-electron chi connectivity index (χ0n) is 16.2. The minimum absolute atomic E-state index is 0.330. The van der Waals surface area contributed by atoms with Crippen molar-refractivity contribution in [3.63, 3.8) is 0 Å². The third-order valence-corrected chi connectivity index (χ3v) is 5.30. The zero-order valence-corrected chi connectivity index (χ0v) is 17.0. The number of rotatable bonds is 6. The summed E-state index contributed by atoms with van der Waals surface area (Å²) in [5.41, 5.74) is 2.38. The van der Waals surface area contributed by atoms with Crippen LogP contribution in [0.2, 0.25) is 0 Å². The number of nitrogens with one attached hydrogen (secondary N) is 2. The lowest BCUT2D eigenvalue weighted by atomic mass is 10.0. The summed E-state index contributed by atoms with van der Waals surface area (Å²) in [7, 11) is 0. The molecule has 3 aromatic rings. The normalized spacial score (nSPS) is 10.6. The maximum Gasteiger partial charge on any atom is 0.340 e. The van der Waals surface area contributed by atoms with Crippen molar-refractivity contribution in [2.24, 2.45) is 0 Å². The van der Waals surface area contributed by atoms with Crippen LogP contribution in [0.4, 0.5) is 4.79 Å². The van der Waals surface area contributed by atoms with Crippen LogP contribution in [-0.4, -0.2) is 36.0 Å². The smallest absolute Gasteiger partial charge is 0.340 e. The molecule has 0 atom stereocenters. The maximum atomic E-state index is 12.5. The fourth-order valence-corrected chi connectivity index (χ4v) is 3.70. The molecule has 0 saturated carbocycles. The Balaban J connectivity index is 1.51. The van der Waals surface area contributed by atoms with Gasteiger partial charge in [-0.05, 0) is 43.3 Å². The number of amides is 3. The number of urea groups is 1. The fraction of sp³-hybridized carbons (Fsp3) is 0.238.